The van der Waals surface area contributed by atoms with Crippen LogP contribution in [0.5, 0.6) is 11.5 Å². The fraction of sp³-hybridized carbons (Fsp3) is 0.562. The Labute approximate surface area is 124 Å². The molecule has 1 aromatic carbocycles. The number of carbonyl (C=O) groups excluding carboxylic acids is 1. The van der Waals surface area contributed by atoms with Crippen molar-refractivity contribution < 1.29 is 15.0 Å². The molecule has 1 amide bonds. The summed E-state index contributed by atoms with van der Waals surface area (Å²) in [5.41, 5.74) is 0.270. The predicted octanol–water partition coefficient (Wildman–Crippen LogP) is 1.80. The van der Waals surface area contributed by atoms with Gasteiger partial charge in [-0.25, -0.2) is 0 Å². The van der Waals surface area contributed by atoms with Gasteiger partial charge in [-0.3, -0.25) is 9.69 Å². The molecule has 2 N–H and O–H groups in total. The summed E-state index contributed by atoms with van der Waals surface area (Å²) in [5, 5.41) is 19.1. The van der Waals surface area contributed by atoms with Gasteiger partial charge in [0.2, 0.25) is 0 Å². The molecule has 2 fully saturated rings. The van der Waals surface area contributed by atoms with E-state index in [0.717, 1.165) is 32.6 Å². The number of amides is 1. The molecule has 0 saturated carbocycles. The summed E-state index contributed by atoms with van der Waals surface area (Å²) in [7, 11) is 0. The maximum Gasteiger partial charge on any atom is 0.257 e. The van der Waals surface area contributed by atoms with E-state index in [1.54, 1.807) is 0 Å². The second kappa shape index (κ2) is 5.93. The van der Waals surface area contributed by atoms with Gasteiger partial charge in [0.15, 0.2) is 0 Å². The third kappa shape index (κ3) is 2.97. The number of aromatic hydroxyl groups is 2. The van der Waals surface area contributed by atoms with Gasteiger partial charge >= 0.3 is 0 Å². The Balaban J connectivity index is 1.66. The van der Waals surface area contributed by atoms with Gasteiger partial charge in [-0.05, 0) is 44.5 Å². The number of benzene rings is 1. The van der Waals surface area contributed by atoms with Crippen LogP contribution in [-0.2, 0) is 0 Å². The lowest BCUT2D eigenvalue weighted by atomic mass is 10.1. The third-order valence-corrected chi connectivity index (χ3v) is 4.57. The van der Waals surface area contributed by atoms with Crippen LogP contribution in [0.4, 0.5) is 0 Å². The molecule has 2 heterocycles. The van der Waals surface area contributed by atoms with Gasteiger partial charge in [0.1, 0.15) is 11.5 Å². The molecule has 2 saturated heterocycles. The number of hydrogen-bond donors (Lipinski definition) is 2. The molecule has 1 atom stereocenters. The number of phenolic OH excluding ortho intramolecular Hbond substituents is 2. The van der Waals surface area contributed by atoms with Crippen LogP contribution in [0.3, 0.4) is 0 Å². The van der Waals surface area contributed by atoms with E-state index in [0.29, 0.717) is 6.04 Å². The highest BCUT2D eigenvalue weighted by Crippen LogP contribution is 2.26. The van der Waals surface area contributed by atoms with Crippen molar-refractivity contribution in [1.29, 1.82) is 0 Å². The number of phenols is 2. The van der Waals surface area contributed by atoms with Crippen LogP contribution in [0.15, 0.2) is 18.2 Å². The predicted molar refractivity (Wildman–Crippen MR) is 79.5 cm³/mol. The molecule has 0 aromatic heterocycles. The molecule has 5 heteroatoms. The van der Waals surface area contributed by atoms with Crippen molar-refractivity contribution in [2.45, 2.75) is 31.7 Å². The van der Waals surface area contributed by atoms with Crippen molar-refractivity contribution in [2.75, 3.05) is 26.2 Å². The lowest BCUT2D eigenvalue weighted by molar-refractivity contribution is 0.0768. The Kier molecular flexibility index (Phi) is 4.01. The molecule has 0 bridgehead atoms. The maximum absolute atomic E-state index is 12.5. The maximum atomic E-state index is 12.5. The first-order valence-corrected chi connectivity index (χ1v) is 7.70. The Morgan fingerprint density at radius 2 is 1.86 bits per heavy atom. The minimum Gasteiger partial charge on any atom is -0.508 e. The molecule has 2 aliphatic rings. The fourth-order valence-corrected chi connectivity index (χ4v) is 3.38. The van der Waals surface area contributed by atoms with Crippen molar-refractivity contribution in [1.82, 2.24) is 9.80 Å². The number of nitrogens with zero attached hydrogens (tertiary/aromatic N) is 2. The molecular formula is C16H22N2O3. The zero-order valence-electron chi connectivity index (χ0n) is 12.2. The molecule has 1 unspecified atom stereocenters. The summed E-state index contributed by atoms with van der Waals surface area (Å²) in [6.07, 6.45) is 4.82. The molecule has 2 aliphatic heterocycles. The number of hydrogen-bond acceptors (Lipinski definition) is 4. The largest absolute Gasteiger partial charge is 0.508 e. The summed E-state index contributed by atoms with van der Waals surface area (Å²) in [4.78, 5) is 16.8. The van der Waals surface area contributed by atoms with Gasteiger partial charge in [-0.15, -0.1) is 0 Å². The van der Waals surface area contributed by atoms with Crippen molar-refractivity contribution in [3.63, 3.8) is 0 Å². The number of piperidine rings is 1. The first-order valence-electron chi connectivity index (χ1n) is 7.70. The zero-order valence-corrected chi connectivity index (χ0v) is 12.2. The van der Waals surface area contributed by atoms with E-state index in [2.05, 4.69) is 4.90 Å². The monoisotopic (exact) mass is 290 g/mol. The average molecular weight is 290 g/mol. The van der Waals surface area contributed by atoms with Crippen LogP contribution in [0.25, 0.3) is 0 Å². The Morgan fingerprint density at radius 3 is 2.57 bits per heavy atom. The van der Waals surface area contributed by atoms with Gasteiger partial charge in [-0.1, -0.05) is 6.42 Å². The van der Waals surface area contributed by atoms with Crippen molar-refractivity contribution >= 4 is 5.91 Å². The molecule has 1 aromatic rings. The second-order valence-electron chi connectivity index (χ2n) is 5.99. The van der Waals surface area contributed by atoms with E-state index in [-0.39, 0.29) is 23.0 Å². The quantitative estimate of drug-likeness (QED) is 0.872. The van der Waals surface area contributed by atoms with Crippen molar-refractivity contribution in [2.24, 2.45) is 0 Å². The van der Waals surface area contributed by atoms with Gasteiger partial charge in [0.05, 0.1) is 5.56 Å². The summed E-state index contributed by atoms with van der Waals surface area (Å²) in [5.74, 6) is -0.329. The van der Waals surface area contributed by atoms with E-state index in [9.17, 15) is 15.0 Å². The lowest BCUT2D eigenvalue weighted by Crippen LogP contribution is -2.41. The summed E-state index contributed by atoms with van der Waals surface area (Å²) < 4.78 is 0. The minimum absolute atomic E-state index is 0.0309. The van der Waals surface area contributed by atoms with Crippen molar-refractivity contribution in [3.8, 4) is 11.5 Å². The number of carbonyl (C=O) groups is 1. The molecule has 114 valence electrons. The van der Waals surface area contributed by atoms with Crippen LogP contribution >= 0.6 is 0 Å². The van der Waals surface area contributed by atoms with Crippen LogP contribution < -0.4 is 0 Å². The lowest BCUT2D eigenvalue weighted by Gasteiger charge is -2.32. The fourth-order valence-electron chi connectivity index (χ4n) is 3.38. The third-order valence-electron chi connectivity index (χ3n) is 4.57. The SMILES string of the molecule is O=C(c1ccc(O)cc1O)N1CCC(N2CCCCC2)C1. The summed E-state index contributed by atoms with van der Waals surface area (Å²) >= 11 is 0. The van der Waals surface area contributed by atoms with E-state index in [1.165, 1.54) is 37.5 Å². The summed E-state index contributed by atoms with van der Waals surface area (Å²) in [6.45, 7) is 3.74. The molecular weight excluding hydrogens is 268 g/mol. The molecule has 5 nitrogen and oxygen atoms in total. The normalized spacial score (nSPS) is 23.4. The number of rotatable bonds is 2. The molecule has 21 heavy (non-hydrogen) atoms. The molecule has 3 rings (SSSR count). The molecule has 0 radical (unpaired) electrons. The second-order valence-corrected chi connectivity index (χ2v) is 5.99. The van der Waals surface area contributed by atoms with E-state index < -0.39 is 0 Å². The Bertz CT molecular complexity index is 526. The first-order chi connectivity index (χ1) is 10.1. The highest BCUT2D eigenvalue weighted by Gasteiger charge is 2.32. The van der Waals surface area contributed by atoms with Gasteiger partial charge in [-0.2, -0.15) is 0 Å². The van der Waals surface area contributed by atoms with Crippen molar-refractivity contribution in [3.05, 3.63) is 23.8 Å². The van der Waals surface area contributed by atoms with E-state index >= 15 is 0 Å². The first kappa shape index (κ1) is 14.2. The van der Waals surface area contributed by atoms with Crippen LogP contribution in [-0.4, -0.2) is 58.1 Å². The topological polar surface area (TPSA) is 64.0 Å². The zero-order chi connectivity index (χ0) is 14.8. The van der Waals surface area contributed by atoms with E-state index in [4.69, 9.17) is 0 Å². The summed E-state index contributed by atoms with van der Waals surface area (Å²) in [6, 6.07) is 4.59. The highest BCUT2D eigenvalue weighted by atomic mass is 16.3. The number of likely N-dealkylation sites (tertiary alicyclic amines) is 2. The Hall–Kier alpha value is -1.75. The van der Waals surface area contributed by atoms with Gasteiger partial charge in [0.25, 0.3) is 5.91 Å². The van der Waals surface area contributed by atoms with E-state index in [1.807, 2.05) is 4.90 Å². The van der Waals surface area contributed by atoms with Gasteiger partial charge in [0, 0.05) is 25.2 Å². The standard InChI is InChI=1S/C16H22N2O3/c19-13-4-5-14(15(20)10-13)16(21)18-9-6-12(11-18)17-7-2-1-3-8-17/h4-5,10,12,19-20H,1-3,6-9,11H2. The van der Waals surface area contributed by atoms with Crippen LogP contribution in [0.2, 0.25) is 0 Å². The molecule has 0 aliphatic carbocycles. The molecule has 0 spiro atoms. The Morgan fingerprint density at radius 1 is 1.10 bits per heavy atom. The van der Waals surface area contributed by atoms with Gasteiger partial charge < -0.3 is 15.1 Å². The smallest absolute Gasteiger partial charge is 0.257 e. The highest BCUT2D eigenvalue weighted by molar-refractivity contribution is 5.97. The van der Waals surface area contributed by atoms with Crippen LogP contribution in [0.1, 0.15) is 36.0 Å². The van der Waals surface area contributed by atoms with Crippen LogP contribution in [0, 0.1) is 0 Å². The minimum atomic E-state index is -0.151. The average Bonchev–Trinajstić information content (AvgIpc) is 2.97.